The second-order valence-corrected chi connectivity index (χ2v) is 15.2. The Morgan fingerprint density at radius 1 is 0.509 bits per heavy atom. The number of rotatable bonds is 6. The lowest BCUT2D eigenvalue weighted by atomic mass is 10.1. The van der Waals surface area contributed by atoms with Crippen molar-refractivity contribution >= 4 is 43.6 Å². The van der Waals surface area contributed by atoms with E-state index in [0.717, 1.165) is 66.9 Å². The van der Waals surface area contributed by atoms with Gasteiger partial charge in [-0.3, -0.25) is 18.3 Å². The number of nitrogens with zero attached hydrogens (tertiary/aromatic N) is 7. The Hall–Kier alpha value is -7.37. The van der Waals surface area contributed by atoms with E-state index in [1.807, 2.05) is 55.1 Å². The zero-order chi connectivity index (χ0) is 39.1. The van der Waals surface area contributed by atoms with Crippen LogP contribution in [0.4, 0.5) is 0 Å². The zero-order valence-electron chi connectivity index (χ0n) is 32.7. The van der Waals surface area contributed by atoms with Crippen molar-refractivity contribution in [2.75, 3.05) is 0 Å². The smallest absolute Gasteiger partial charge is 0.219 e. The third-order valence-corrected chi connectivity index (χ3v) is 11.2. The minimum absolute atomic E-state index is 0.445. The van der Waals surface area contributed by atoms with E-state index in [4.69, 9.17) is 14.7 Å². The van der Waals surface area contributed by atoms with Crippen molar-refractivity contribution in [1.29, 1.82) is 5.26 Å². The molecule has 0 radical (unpaired) electrons. The van der Waals surface area contributed by atoms with Crippen molar-refractivity contribution in [3.8, 4) is 40.8 Å². The highest BCUT2D eigenvalue weighted by Crippen LogP contribution is 2.40. The minimum Gasteiger partial charge on any atom is -0.456 e. The summed E-state index contributed by atoms with van der Waals surface area (Å²) in [4.78, 5) is 9.88. The molecule has 0 spiro atoms. The number of hydrogen-bond acceptors (Lipinski definition) is 4. The van der Waals surface area contributed by atoms with Gasteiger partial charge in [-0.15, -0.1) is 0 Å². The van der Waals surface area contributed by atoms with E-state index in [2.05, 4.69) is 139 Å². The standard InChI is InChI=1S/C49H39N7O/c1-29-21-31(3)46(32(4)22-29)53-19-17-51-48(53)55-41-13-9-7-11-37(41)39-16-15-36(26-43(39)55)57-45-27-44-40(25-35(45)28-50)38-12-8-10-14-42(38)56(44)49-52-18-20-54(49)47-33(5)23-30(2)24-34(47)6/h7-27H,1-6H3. The van der Waals surface area contributed by atoms with Crippen LogP contribution in [-0.2, 0) is 0 Å². The first kappa shape index (κ1) is 34.1. The van der Waals surface area contributed by atoms with Crippen molar-refractivity contribution in [1.82, 2.24) is 28.2 Å². The number of aromatic nitrogens is 6. The molecular weight excluding hydrogens is 703 g/mol. The first-order valence-corrected chi connectivity index (χ1v) is 19.1. The average Bonchev–Trinajstić information content (AvgIpc) is 3.97. The zero-order valence-corrected chi connectivity index (χ0v) is 32.7. The van der Waals surface area contributed by atoms with E-state index < -0.39 is 0 Å². The number of ether oxygens (including phenoxy) is 1. The summed E-state index contributed by atoms with van der Waals surface area (Å²) in [6.45, 7) is 12.8. The highest BCUT2D eigenvalue weighted by molar-refractivity contribution is 6.11. The van der Waals surface area contributed by atoms with Crippen LogP contribution < -0.4 is 4.74 Å². The molecule has 10 rings (SSSR count). The van der Waals surface area contributed by atoms with Gasteiger partial charge in [0.1, 0.15) is 17.6 Å². The lowest BCUT2D eigenvalue weighted by molar-refractivity contribution is 0.482. The molecular formula is C49H39N7O. The van der Waals surface area contributed by atoms with Crippen molar-refractivity contribution in [2.45, 2.75) is 41.5 Å². The number of nitriles is 1. The van der Waals surface area contributed by atoms with Gasteiger partial charge in [-0.1, -0.05) is 71.8 Å². The van der Waals surface area contributed by atoms with Crippen LogP contribution in [0.2, 0.25) is 0 Å². The van der Waals surface area contributed by atoms with Crippen molar-refractivity contribution < 1.29 is 4.74 Å². The summed E-state index contributed by atoms with van der Waals surface area (Å²) in [7, 11) is 0. The molecule has 0 unspecified atom stereocenters. The van der Waals surface area contributed by atoms with Gasteiger partial charge in [-0.05, 0) is 94.1 Å². The molecule has 0 bridgehead atoms. The van der Waals surface area contributed by atoms with Crippen LogP contribution in [-0.4, -0.2) is 28.2 Å². The van der Waals surface area contributed by atoms with Crippen LogP contribution in [0.5, 0.6) is 11.5 Å². The second kappa shape index (κ2) is 12.9. The van der Waals surface area contributed by atoms with Crippen molar-refractivity contribution in [3.63, 3.8) is 0 Å². The highest BCUT2D eigenvalue weighted by Gasteiger charge is 2.22. The van der Waals surface area contributed by atoms with Gasteiger partial charge in [0.15, 0.2) is 0 Å². The van der Waals surface area contributed by atoms with Gasteiger partial charge >= 0.3 is 0 Å². The van der Waals surface area contributed by atoms with Gasteiger partial charge in [0.05, 0.1) is 39.0 Å². The largest absolute Gasteiger partial charge is 0.456 e. The summed E-state index contributed by atoms with van der Waals surface area (Å²) in [6.07, 6.45) is 7.75. The van der Waals surface area contributed by atoms with Crippen LogP contribution in [0, 0.1) is 52.9 Å². The third kappa shape index (κ3) is 5.27. The van der Waals surface area contributed by atoms with Gasteiger partial charge in [-0.25, -0.2) is 9.97 Å². The number of hydrogen-bond donors (Lipinski definition) is 0. The normalized spacial score (nSPS) is 11.7. The van der Waals surface area contributed by atoms with Crippen LogP contribution in [0.1, 0.15) is 38.9 Å². The molecule has 0 saturated heterocycles. The predicted molar refractivity (Wildman–Crippen MR) is 229 cm³/mol. The summed E-state index contributed by atoms with van der Waals surface area (Å²) in [5.41, 5.74) is 13.7. The van der Waals surface area contributed by atoms with E-state index in [1.165, 1.54) is 33.4 Å². The van der Waals surface area contributed by atoms with E-state index in [1.54, 1.807) is 0 Å². The highest BCUT2D eigenvalue weighted by atomic mass is 16.5. The SMILES string of the molecule is Cc1cc(C)c(-n2ccnc2-n2c3ccccc3c3ccc(Oc4cc5c(cc4C#N)c4ccccc4n5-c4nccn4-c4c(C)cc(C)cc4C)cc32)c(C)c1. The maximum atomic E-state index is 10.6. The Labute approximate surface area is 330 Å². The molecule has 4 heterocycles. The molecule has 276 valence electrons. The maximum Gasteiger partial charge on any atom is 0.219 e. The molecule has 4 aromatic heterocycles. The Morgan fingerprint density at radius 3 is 1.51 bits per heavy atom. The minimum atomic E-state index is 0.445. The quantitative estimate of drug-likeness (QED) is 0.170. The summed E-state index contributed by atoms with van der Waals surface area (Å²) < 4.78 is 15.5. The topological polar surface area (TPSA) is 78.5 Å². The number of imidazole rings is 2. The molecule has 57 heavy (non-hydrogen) atoms. The van der Waals surface area contributed by atoms with E-state index in [0.29, 0.717) is 17.1 Å². The number of para-hydroxylation sites is 2. The van der Waals surface area contributed by atoms with Crippen LogP contribution in [0.15, 0.2) is 128 Å². The molecule has 0 aliphatic rings. The molecule has 0 fully saturated rings. The lowest BCUT2D eigenvalue weighted by Gasteiger charge is -2.17. The first-order valence-electron chi connectivity index (χ1n) is 19.1. The third-order valence-electron chi connectivity index (χ3n) is 11.2. The molecule has 0 amide bonds. The van der Waals surface area contributed by atoms with E-state index in [9.17, 15) is 5.26 Å². The molecule has 0 aliphatic carbocycles. The molecule has 0 N–H and O–H groups in total. The van der Waals surface area contributed by atoms with Crippen LogP contribution >= 0.6 is 0 Å². The van der Waals surface area contributed by atoms with Crippen LogP contribution in [0.3, 0.4) is 0 Å². The fourth-order valence-electron chi connectivity index (χ4n) is 9.12. The van der Waals surface area contributed by atoms with Crippen molar-refractivity contribution in [2.24, 2.45) is 0 Å². The second-order valence-electron chi connectivity index (χ2n) is 15.2. The fourth-order valence-corrected chi connectivity index (χ4v) is 9.12. The Kier molecular flexibility index (Phi) is 7.70. The van der Waals surface area contributed by atoms with Gasteiger partial charge in [-0.2, -0.15) is 5.26 Å². The predicted octanol–water partition coefficient (Wildman–Crippen LogP) is 11.8. The molecule has 10 aromatic rings. The fraction of sp³-hybridized carbons (Fsp3) is 0.122. The lowest BCUT2D eigenvalue weighted by Crippen LogP contribution is -2.08. The Morgan fingerprint density at radius 2 is 0.982 bits per heavy atom. The molecule has 0 atom stereocenters. The molecule has 6 aromatic carbocycles. The number of benzene rings is 6. The maximum absolute atomic E-state index is 10.6. The number of fused-ring (bicyclic) bond motifs is 6. The monoisotopic (exact) mass is 741 g/mol. The summed E-state index contributed by atoms with van der Waals surface area (Å²) in [6, 6.07) is 38.0. The molecule has 8 heteroatoms. The average molecular weight is 742 g/mol. The van der Waals surface area contributed by atoms with E-state index in [-0.39, 0.29) is 0 Å². The summed E-state index contributed by atoms with van der Waals surface area (Å²) >= 11 is 0. The van der Waals surface area contributed by atoms with Crippen molar-refractivity contribution in [3.05, 3.63) is 167 Å². The van der Waals surface area contributed by atoms with Gasteiger partial charge in [0.25, 0.3) is 0 Å². The summed E-state index contributed by atoms with van der Waals surface area (Å²) in [5.74, 6) is 2.61. The molecule has 0 aliphatic heterocycles. The Bertz CT molecular complexity index is 3260. The molecule has 8 nitrogen and oxygen atoms in total. The van der Waals surface area contributed by atoms with Gasteiger partial charge < -0.3 is 4.74 Å². The summed E-state index contributed by atoms with van der Waals surface area (Å²) in [5, 5.41) is 14.7. The van der Waals surface area contributed by atoms with E-state index >= 15 is 0 Å². The van der Waals surface area contributed by atoms with Gasteiger partial charge in [0.2, 0.25) is 11.9 Å². The molecule has 0 saturated carbocycles. The van der Waals surface area contributed by atoms with Gasteiger partial charge in [0, 0.05) is 58.5 Å². The first-order chi connectivity index (χ1) is 27.7. The number of aryl methyl sites for hydroxylation is 6. The van der Waals surface area contributed by atoms with Crippen LogP contribution in [0.25, 0.3) is 66.9 Å². The Balaban J connectivity index is 1.16.